The molecule has 3 aromatic rings. The van der Waals surface area contributed by atoms with Gasteiger partial charge in [0, 0.05) is 16.5 Å². The molecule has 0 saturated heterocycles. The monoisotopic (exact) mass is 378 g/mol. The van der Waals surface area contributed by atoms with E-state index in [1.54, 1.807) is 22.8 Å². The lowest BCUT2D eigenvalue weighted by molar-refractivity contribution is -0.137. The molecule has 0 aliphatic carbocycles. The van der Waals surface area contributed by atoms with E-state index in [0.717, 1.165) is 34.1 Å². The first-order valence-corrected chi connectivity index (χ1v) is 9.07. The zero-order valence-corrected chi connectivity index (χ0v) is 15.2. The van der Waals surface area contributed by atoms with Crippen LogP contribution in [0.15, 0.2) is 41.4 Å². The Morgan fingerprint density at radius 1 is 1.36 bits per heavy atom. The minimum absolute atomic E-state index is 0.105. The van der Waals surface area contributed by atoms with Crippen molar-refractivity contribution < 1.29 is 20.0 Å². The van der Waals surface area contributed by atoms with Crippen LogP contribution in [0.3, 0.4) is 0 Å². The molecule has 5 rings (SSSR count). The molecule has 2 N–H and O–H groups in total. The van der Waals surface area contributed by atoms with Crippen LogP contribution in [0.25, 0.3) is 22.3 Å². The zero-order valence-electron chi connectivity index (χ0n) is 15.2. The Morgan fingerprint density at radius 3 is 2.93 bits per heavy atom. The fraction of sp³-hybridized carbons (Fsp3) is 0.238. The van der Waals surface area contributed by atoms with Crippen molar-refractivity contribution in [1.82, 2.24) is 9.55 Å². The molecule has 28 heavy (non-hydrogen) atoms. The van der Waals surface area contributed by atoms with E-state index in [9.17, 15) is 9.90 Å². The molecule has 1 aromatic carbocycles. The van der Waals surface area contributed by atoms with Crippen molar-refractivity contribution >= 4 is 10.9 Å². The van der Waals surface area contributed by atoms with Gasteiger partial charge in [-0.25, -0.2) is 10.2 Å². The van der Waals surface area contributed by atoms with Gasteiger partial charge in [0.15, 0.2) is 5.75 Å². The van der Waals surface area contributed by atoms with Crippen molar-refractivity contribution in [2.75, 3.05) is 0 Å². The van der Waals surface area contributed by atoms with Crippen LogP contribution in [-0.4, -0.2) is 19.9 Å². The average Bonchev–Trinajstić information content (AvgIpc) is 3.07. The van der Waals surface area contributed by atoms with Gasteiger partial charge >= 0.3 is 0 Å². The molecule has 2 aromatic heterocycles. The van der Waals surface area contributed by atoms with Crippen LogP contribution in [0.2, 0.25) is 0 Å². The van der Waals surface area contributed by atoms with Crippen LogP contribution in [0.4, 0.5) is 0 Å². The van der Waals surface area contributed by atoms with E-state index in [1.165, 1.54) is 0 Å². The summed E-state index contributed by atoms with van der Waals surface area (Å²) in [5.74, 6) is 0.582. The topological polar surface area (TPSA) is 93.8 Å². The van der Waals surface area contributed by atoms with Crippen molar-refractivity contribution in [3.05, 3.63) is 69.2 Å². The van der Waals surface area contributed by atoms with E-state index in [0.29, 0.717) is 29.1 Å². The summed E-state index contributed by atoms with van der Waals surface area (Å²) < 4.78 is 7.04. The molecule has 4 heterocycles. The van der Waals surface area contributed by atoms with Crippen molar-refractivity contribution in [2.45, 2.75) is 32.6 Å². The Bertz CT molecular complexity index is 1230. The summed E-state index contributed by atoms with van der Waals surface area (Å²) in [5, 5.41) is 20.3. The number of aryl methyl sites for hydroxylation is 1. The molecule has 1 atom stereocenters. The number of benzene rings is 1. The van der Waals surface area contributed by atoms with Crippen LogP contribution in [0.5, 0.6) is 5.75 Å². The van der Waals surface area contributed by atoms with Crippen molar-refractivity contribution in [1.29, 1.82) is 0 Å². The van der Waals surface area contributed by atoms with Crippen LogP contribution in [0, 0.1) is 0 Å². The maximum atomic E-state index is 13.1. The number of fused-ring (bicyclic) bond motifs is 5. The first kappa shape index (κ1) is 17.0. The third-order valence-electron chi connectivity index (χ3n) is 5.63. The molecule has 0 radical (unpaired) electrons. The quantitative estimate of drug-likeness (QED) is 0.411. The van der Waals surface area contributed by atoms with E-state index >= 15 is 0 Å². The predicted octanol–water partition coefficient (Wildman–Crippen LogP) is 2.92. The molecule has 7 heteroatoms. The number of rotatable bonds is 2. The van der Waals surface area contributed by atoms with Crippen molar-refractivity contribution in [2.24, 2.45) is 0 Å². The number of nitrogens with zero attached hydrogens (tertiary/aromatic N) is 2. The first-order valence-electron chi connectivity index (χ1n) is 9.07. The molecular weight excluding hydrogens is 360 g/mol. The van der Waals surface area contributed by atoms with Crippen molar-refractivity contribution in [3.8, 4) is 17.1 Å². The fourth-order valence-corrected chi connectivity index (χ4v) is 4.22. The second kappa shape index (κ2) is 5.92. The van der Waals surface area contributed by atoms with E-state index in [1.807, 2.05) is 13.0 Å². The fourth-order valence-electron chi connectivity index (χ4n) is 4.22. The highest BCUT2D eigenvalue weighted by Crippen LogP contribution is 2.39. The Balaban J connectivity index is 1.80. The summed E-state index contributed by atoms with van der Waals surface area (Å²) in [4.78, 5) is 22.2. The number of ether oxygens (including phenoxy) is 1. The van der Waals surface area contributed by atoms with Gasteiger partial charge in [-0.3, -0.25) is 4.79 Å². The summed E-state index contributed by atoms with van der Waals surface area (Å²) in [7, 11) is 0. The third kappa shape index (κ3) is 2.17. The van der Waals surface area contributed by atoms with E-state index < -0.39 is 6.10 Å². The lowest BCUT2D eigenvalue weighted by atomic mass is 9.97. The van der Waals surface area contributed by atoms with E-state index in [-0.39, 0.29) is 17.9 Å². The Kier molecular flexibility index (Phi) is 3.59. The molecule has 0 bridgehead atoms. The van der Waals surface area contributed by atoms with E-state index in [4.69, 9.17) is 15.0 Å². The molecule has 0 saturated carbocycles. The third-order valence-corrected chi connectivity index (χ3v) is 5.63. The van der Waals surface area contributed by atoms with Gasteiger partial charge in [0.25, 0.3) is 5.56 Å². The first-order chi connectivity index (χ1) is 13.5. The lowest BCUT2D eigenvalue weighted by Gasteiger charge is -2.24. The summed E-state index contributed by atoms with van der Waals surface area (Å²) in [6, 6.07) is 7.00. The molecule has 7 nitrogen and oxygen atoms in total. The highest BCUT2D eigenvalue weighted by Gasteiger charge is 2.32. The summed E-state index contributed by atoms with van der Waals surface area (Å²) in [6.45, 7) is 6.27. The smallest absolute Gasteiger partial charge is 0.258 e. The Morgan fingerprint density at radius 2 is 2.18 bits per heavy atom. The standard InChI is InChI=1S/C21H18N2O5/c1-3-12-13-6-11(28-26)4-5-17(13)22-19-15(12)8-23-18(19)7-14-16(21(23)25)9-27-10(2)20(14)24/h4-7,20,24,26H,2-3,8-9H2,1H3. The van der Waals surface area contributed by atoms with Crippen LogP contribution in [0.1, 0.15) is 35.3 Å². The zero-order chi connectivity index (χ0) is 19.6. The van der Waals surface area contributed by atoms with Crippen LogP contribution >= 0.6 is 0 Å². The van der Waals surface area contributed by atoms with Crippen LogP contribution in [-0.2, 0) is 24.3 Å². The molecule has 142 valence electrons. The number of hydrogen-bond donors (Lipinski definition) is 2. The predicted molar refractivity (Wildman–Crippen MR) is 102 cm³/mol. The minimum Gasteiger partial charge on any atom is -0.491 e. The van der Waals surface area contributed by atoms with Crippen molar-refractivity contribution in [3.63, 3.8) is 0 Å². The highest BCUT2D eigenvalue weighted by atomic mass is 17.1. The summed E-state index contributed by atoms with van der Waals surface area (Å²) >= 11 is 0. The number of aromatic nitrogens is 2. The van der Waals surface area contributed by atoms with Gasteiger partial charge in [0.1, 0.15) is 18.5 Å². The number of hydrogen-bond acceptors (Lipinski definition) is 6. The Labute approximate surface area is 160 Å². The maximum absolute atomic E-state index is 13.1. The number of pyridine rings is 2. The van der Waals surface area contributed by atoms with Gasteiger partial charge < -0.3 is 19.3 Å². The summed E-state index contributed by atoms with van der Waals surface area (Å²) in [5.41, 5.74) is 5.02. The molecule has 0 spiro atoms. The Hall–Kier alpha value is -3.16. The second-order valence-electron chi connectivity index (χ2n) is 7.05. The largest absolute Gasteiger partial charge is 0.491 e. The van der Waals surface area contributed by atoms with E-state index in [2.05, 4.69) is 11.5 Å². The molecule has 2 aliphatic heterocycles. The molecule has 0 amide bonds. The van der Waals surface area contributed by atoms with Gasteiger partial charge in [-0.2, -0.15) is 0 Å². The summed E-state index contributed by atoms with van der Waals surface area (Å²) in [6.07, 6.45) is -0.289. The highest BCUT2D eigenvalue weighted by molar-refractivity contribution is 5.89. The SMILES string of the molecule is C=C1OCc2c(cc3n(c2=O)Cc2c-3nc3ccc(OO)cc3c2CC)C1O. The van der Waals surface area contributed by atoms with Gasteiger partial charge in [0.2, 0.25) is 0 Å². The second-order valence-corrected chi connectivity index (χ2v) is 7.05. The van der Waals surface area contributed by atoms with Gasteiger partial charge in [0.05, 0.1) is 29.0 Å². The van der Waals surface area contributed by atoms with Gasteiger partial charge in [-0.1, -0.05) is 13.5 Å². The molecular formula is C21H18N2O5. The average molecular weight is 378 g/mol. The normalized spacial score (nSPS) is 17.1. The van der Waals surface area contributed by atoms with Gasteiger partial charge in [-0.05, 0) is 36.2 Å². The molecule has 0 fully saturated rings. The number of aliphatic hydroxyl groups is 1. The number of aliphatic hydroxyl groups excluding tert-OH is 1. The van der Waals surface area contributed by atoms with Gasteiger partial charge in [-0.15, -0.1) is 0 Å². The molecule has 2 aliphatic rings. The molecule has 1 unspecified atom stereocenters. The lowest BCUT2D eigenvalue weighted by Crippen LogP contribution is -2.29. The minimum atomic E-state index is -1.03. The maximum Gasteiger partial charge on any atom is 0.258 e. The van der Waals surface area contributed by atoms with Crippen LogP contribution < -0.4 is 10.4 Å².